The maximum Gasteiger partial charge on any atom is 0.283 e. The Hall–Kier alpha value is -3.00. The van der Waals surface area contributed by atoms with Crippen molar-refractivity contribution in [3.8, 4) is 0 Å². The molecule has 8 heteroatoms. The van der Waals surface area contributed by atoms with Crippen molar-refractivity contribution < 1.29 is 14.1 Å². The van der Waals surface area contributed by atoms with Gasteiger partial charge in [-0.05, 0) is 37.1 Å². The first kappa shape index (κ1) is 17.4. The summed E-state index contributed by atoms with van der Waals surface area (Å²) in [4.78, 5) is 28.9. The van der Waals surface area contributed by atoms with E-state index in [1.165, 1.54) is 18.2 Å². The van der Waals surface area contributed by atoms with Crippen LogP contribution in [0, 0.1) is 22.9 Å². The molecule has 1 amide bonds. The van der Waals surface area contributed by atoms with Gasteiger partial charge in [-0.3, -0.25) is 14.9 Å². The zero-order valence-electron chi connectivity index (χ0n) is 14.5. The molecule has 0 fully saturated rings. The maximum atomic E-state index is 13.3. The van der Waals surface area contributed by atoms with Crippen LogP contribution in [0.5, 0.6) is 0 Å². The zero-order chi connectivity index (χ0) is 19.1. The number of carbonyl (C=O) groups excluding carboxylic acids is 1. The summed E-state index contributed by atoms with van der Waals surface area (Å²) in [6.07, 6.45) is 4.52. The number of aromatic amines is 1. The largest absolute Gasteiger partial charge is 0.360 e. The number of thiophene rings is 1. The number of hydrogen-bond donors (Lipinski definition) is 1. The minimum Gasteiger partial charge on any atom is -0.360 e. The van der Waals surface area contributed by atoms with Gasteiger partial charge in [-0.1, -0.05) is 6.08 Å². The third-order valence-corrected chi connectivity index (χ3v) is 5.81. The molecule has 3 aromatic rings. The van der Waals surface area contributed by atoms with E-state index in [0.29, 0.717) is 29.3 Å². The fourth-order valence-electron chi connectivity index (χ4n) is 3.38. The highest BCUT2D eigenvalue weighted by Gasteiger charge is 2.25. The molecule has 2 aromatic heterocycles. The predicted octanol–water partition coefficient (Wildman–Crippen LogP) is 4.51. The number of amides is 1. The SMILES string of the molecule is Cc1sc(C(=O)N2CC=C(c3c[nH]c4cc(F)ccc34)CC2)cc1[N+](=O)[O-]. The molecule has 0 spiro atoms. The number of hydrogen-bond acceptors (Lipinski definition) is 4. The Kier molecular flexibility index (Phi) is 4.27. The van der Waals surface area contributed by atoms with Crippen molar-refractivity contribution in [2.75, 3.05) is 13.1 Å². The number of aromatic nitrogens is 1. The van der Waals surface area contributed by atoms with Crippen LogP contribution >= 0.6 is 11.3 Å². The minimum atomic E-state index is -0.462. The molecule has 6 nitrogen and oxygen atoms in total. The fourth-order valence-corrected chi connectivity index (χ4v) is 4.33. The summed E-state index contributed by atoms with van der Waals surface area (Å²) in [5.41, 5.74) is 2.85. The van der Waals surface area contributed by atoms with Crippen molar-refractivity contribution in [2.24, 2.45) is 0 Å². The highest BCUT2D eigenvalue weighted by molar-refractivity contribution is 7.14. The number of benzene rings is 1. The van der Waals surface area contributed by atoms with E-state index in [1.807, 2.05) is 12.3 Å². The Bertz CT molecular complexity index is 1100. The first-order valence-corrected chi connectivity index (χ1v) is 9.26. The highest BCUT2D eigenvalue weighted by Crippen LogP contribution is 2.32. The van der Waals surface area contributed by atoms with E-state index < -0.39 is 4.92 Å². The number of aryl methyl sites for hydroxylation is 1. The summed E-state index contributed by atoms with van der Waals surface area (Å²) in [7, 11) is 0. The Labute approximate surface area is 158 Å². The lowest BCUT2D eigenvalue weighted by atomic mass is 9.99. The van der Waals surface area contributed by atoms with Crippen LogP contribution in [0.1, 0.15) is 26.5 Å². The van der Waals surface area contributed by atoms with Crippen LogP contribution in [0.4, 0.5) is 10.1 Å². The average Bonchev–Trinajstić information content (AvgIpc) is 3.24. The molecule has 0 atom stereocenters. The summed E-state index contributed by atoms with van der Waals surface area (Å²) in [6.45, 7) is 2.61. The number of nitrogens with one attached hydrogen (secondary N) is 1. The molecule has 1 aromatic carbocycles. The van der Waals surface area contributed by atoms with Crippen LogP contribution in [-0.2, 0) is 0 Å². The molecule has 1 aliphatic heterocycles. The van der Waals surface area contributed by atoms with E-state index in [0.717, 1.165) is 33.4 Å². The fraction of sp³-hybridized carbons (Fsp3) is 0.211. The first-order valence-electron chi connectivity index (χ1n) is 8.44. The van der Waals surface area contributed by atoms with Gasteiger partial charge in [0.05, 0.1) is 14.7 Å². The Morgan fingerprint density at radius 3 is 2.85 bits per heavy atom. The van der Waals surface area contributed by atoms with Crippen LogP contribution in [-0.4, -0.2) is 33.8 Å². The van der Waals surface area contributed by atoms with Crippen LogP contribution in [0.25, 0.3) is 16.5 Å². The van der Waals surface area contributed by atoms with E-state index in [4.69, 9.17) is 0 Å². The number of nitro groups is 1. The number of H-pyrrole nitrogens is 1. The van der Waals surface area contributed by atoms with E-state index in [2.05, 4.69) is 4.98 Å². The molecular weight excluding hydrogens is 369 g/mol. The van der Waals surface area contributed by atoms with Crippen molar-refractivity contribution in [1.82, 2.24) is 9.88 Å². The quantitative estimate of drug-likeness (QED) is 0.532. The van der Waals surface area contributed by atoms with Gasteiger partial charge in [0.15, 0.2) is 0 Å². The standard InChI is InChI=1S/C19H16FN3O3S/c1-11-17(23(25)26)9-18(27-11)19(24)22-6-4-12(5-7-22)15-10-21-16-8-13(20)2-3-14(15)16/h2-4,8-10,21H,5-7H2,1H3. The topological polar surface area (TPSA) is 79.2 Å². The molecule has 27 heavy (non-hydrogen) atoms. The van der Waals surface area contributed by atoms with E-state index in [1.54, 1.807) is 17.9 Å². The van der Waals surface area contributed by atoms with Crippen LogP contribution in [0.3, 0.4) is 0 Å². The van der Waals surface area contributed by atoms with Crippen LogP contribution < -0.4 is 0 Å². The monoisotopic (exact) mass is 385 g/mol. The molecule has 138 valence electrons. The van der Waals surface area contributed by atoms with Gasteiger partial charge in [-0.2, -0.15) is 0 Å². The van der Waals surface area contributed by atoms with Crippen molar-refractivity contribution >= 4 is 39.4 Å². The summed E-state index contributed by atoms with van der Waals surface area (Å²) in [6, 6.07) is 6.01. The lowest BCUT2D eigenvalue weighted by Crippen LogP contribution is -2.34. The van der Waals surface area contributed by atoms with Gasteiger partial charge >= 0.3 is 0 Å². The third-order valence-electron chi connectivity index (χ3n) is 4.79. The van der Waals surface area contributed by atoms with Crippen molar-refractivity contribution in [3.63, 3.8) is 0 Å². The van der Waals surface area contributed by atoms with Gasteiger partial charge in [-0.15, -0.1) is 11.3 Å². The van der Waals surface area contributed by atoms with Crippen LogP contribution in [0.15, 0.2) is 36.5 Å². The van der Waals surface area contributed by atoms with E-state index in [9.17, 15) is 19.3 Å². The Morgan fingerprint density at radius 1 is 1.37 bits per heavy atom. The summed E-state index contributed by atoms with van der Waals surface area (Å²) in [5, 5.41) is 11.9. The lowest BCUT2D eigenvalue weighted by molar-refractivity contribution is -0.385. The Morgan fingerprint density at radius 2 is 2.19 bits per heavy atom. The first-order chi connectivity index (χ1) is 12.9. The van der Waals surface area contributed by atoms with E-state index >= 15 is 0 Å². The smallest absolute Gasteiger partial charge is 0.283 e. The van der Waals surface area contributed by atoms with Crippen molar-refractivity contribution in [1.29, 1.82) is 0 Å². The molecule has 0 radical (unpaired) electrons. The highest BCUT2D eigenvalue weighted by atomic mass is 32.1. The molecule has 1 aliphatic rings. The summed E-state index contributed by atoms with van der Waals surface area (Å²) < 4.78 is 13.3. The second kappa shape index (κ2) is 6.62. The number of halogens is 1. The molecule has 0 aliphatic carbocycles. The minimum absolute atomic E-state index is 0.0115. The van der Waals surface area contributed by atoms with Gasteiger partial charge in [0.2, 0.25) is 0 Å². The van der Waals surface area contributed by atoms with Gasteiger partial charge in [0.25, 0.3) is 11.6 Å². The molecule has 0 saturated heterocycles. The molecule has 4 rings (SSSR count). The normalized spacial score (nSPS) is 14.4. The van der Waals surface area contributed by atoms with Crippen molar-refractivity contribution in [2.45, 2.75) is 13.3 Å². The van der Waals surface area contributed by atoms with Gasteiger partial charge in [0.1, 0.15) is 5.82 Å². The summed E-state index contributed by atoms with van der Waals surface area (Å²) >= 11 is 1.15. The molecular formula is C19H16FN3O3S. The number of nitrogens with zero attached hydrogens (tertiary/aromatic N) is 2. The van der Waals surface area contributed by atoms with Crippen LogP contribution in [0.2, 0.25) is 0 Å². The number of carbonyl (C=O) groups is 1. The molecule has 3 heterocycles. The second-order valence-corrected chi connectivity index (χ2v) is 7.69. The average molecular weight is 385 g/mol. The lowest BCUT2D eigenvalue weighted by Gasteiger charge is -2.26. The van der Waals surface area contributed by atoms with Gasteiger partial charge in [0, 0.05) is 41.8 Å². The number of fused-ring (bicyclic) bond motifs is 1. The van der Waals surface area contributed by atoms with Gasteiger partial charge in [-0.25, -0.2) is 4.39 Å². The van der Waals surface area contributed by atoms with E-state index in [-0.39, 0.29) is 17.4 Å². The molecule has 0 unspecified atom stereocenters. The third kappa shape index (κ3) is 3.12. The Balaban J connectivity index is 1.55. The van der Waals surface area contributed by atoms with Crippen molar-refractivity contribution in [3.05, 3.63) is 67.8 Å². The molecule has 1 N–H and O–H groups in total. The molecule has 0 saturated carbocycles. The molecule has 0 bridgehead atoms. The second-order valence-electron chi connectivity index (χ2n) is 6.43. The summed E-state index contributed by atoms with van der Waals surface area (Å²) in [5.74, 6) is -0.474. The zero-order valence-corrected chi connectivity index (χ0v) is 15.3. The predicted molar refractivity (Wildman–Crippen MR) is 102 cm³/mol. The van der Waals surface area contributed by atoms with Gasteiger partial charge < -0.3 is 9.88 Å². The number of rotatable bonds is 3. The maximum absolute atomic E-state index is 13.3.